The molecule has 2 aliphatic rings. The lowest BCUT2D eigenvalue weighted by atomic mass is 10.1. The van der Waals surface area contributed by atoms with Gasteiger partial charge in [0.1, 0.15) is 5.82 Å². The lowest BCUT2D eigenvalue weighted by Gasteiger charge is -2.29. The van der Waals surface area contributed by atoms with E-state index in [0.717, 1.165) is 56.0 Å². The second-order valence-corrected chi connectivity index (χ2v) is 9.97. The van der Waals surface area contributed by atoms with E-state index in [1.165, 1.54) is 5.56 Å². The molecule has 0 unspecified atom stereocenters. The van der Waals surface area contributed by atoms with Gasteiger partial charge in [-0.3, -0.25) is 4.79 Å². The number of aryl methyl sites for hydroxylation is 1. The van der Waals surface area contributed by atoms with Crippen LogP contribution in [0.3, 0.4) is 0 Å². The molecule has 6 rings (SSSR count). The van der Waals surface area contributed by atoms with Crippen LogP contribution < -0.4 is 10.2 Å². The van der Waals surface area contributed by atoms with Crippen LogP contribution in [0.1, 0.15) is 28.9 Å². The summed E-state index contributed by atoms with van der Waals surface area (Å²) in [6.07, 6.45) is 5.73. The molecule has 0 radical (unpaired) electrons. The average molecular weight is 501 g/mol. The molecule has 4 aromatic rings. The first-order valence-electron chi connectivity index (χ1n) is 12.9. The number of hydrogen-bond donors (Lipinski definition) is 1. The van der Waals surface area contributed by atoms with Crippen LogP contribution in [-0.4, -0.2) is 87.7 Å². The van der Waals surface area contributed by atoms with Crippen molar-refractivity contribution in [1.82, 2.24) is 34.6 Å². The number of aromatic nitrogens is 5. The molecule has 10 nitrogen and oxygen atoms in total. The van der Waals surface area contributed by atoms with Crippen LogP contribution in [-0.2, 0) is 4.74 Å². The van der Waals surface area contributed by atoms with Gasteiger partial charge >= 0.3 is 0 Å². The monoisotopic (exact) mass is 500 g/mol. The topological polar surface area (TPSA) is 92.8 Å². The van der Waals surface area contributed by atoms with Crippen molar-refractivity contribution in [3.05, 3.63) is 60.0 Å². The molecule has 0 aliphatic carbocycles. The quantitative estimate of drug-likeness (QED) is 0.450. The number of carbonyl (C=O) groups excluding carboxylic acids is 1. The van der Waals surface area contributed by atoms with E-state index >= 15 is 0 Å². The number of nitrogens with zero attached hydrogens (tertiary/aromatic N) is 7. The number of morpholine rings is 1. The normalized spacial score (nSPS) is 17.4. The number of nitrogens with one attached hydrogen (secondary N) is 1. The lowest BCUT2D eigenvalue weighted by molar-refractivity contribution is 0.0911. The van der Waals surface area contributed by atoms with Gasteiger partial charge in [-0.25, -0.2) is 9.67 Å². The highest BCUT2D eigenvalue weighted by molar-refractivity contribution is 5.93. The molecule has 192 valence electrons. The Bertz CT molecular complexity index is 1410. The fourth-order valence-corrected chi connectivity index (χ4v) is 5.03. The molecule has 5 heterocycles. The molecule has 37 heavy (non-hydrogen) atoms. The molecule has 0 saturated carbocycles. The highest BCUT2D eigenvalue weighted by Crippen LogP contribution is 2.24. The molecule has 1 amide bonds. The molecular formula is C27H32N8O2. The van der Waals surface area contributed by atoms with E-state index in [2.05, 4.69) is 57.5 Å². The smallest absolute Gasteiger partial charge is 0.272 e. The van der Waals surface area contributed by atoms with E-state index < -0.39 is 0 Å². The first kappa shape index (κ1) is 23.6. The van der Waals surface area contributed by atoms with E-state index in [4.69, 9.17) is 9.72 Å². The summed E-state index contributed by atoms with van der Waals surface area (Å²) in [6.45, 7) is 6.81. The summed E-state index contributed by atoms with van der Waals surface area (Å²) in [5.74, 6) is 1.39. The van der Waals surface area contributed by atoms with E-state index in [1.54, 1.807) is 15.3 Å². The van der Waals surface area contributed by atoms with Gasteiger partial charge in [-0.05, 0) is 45.5 Å². The highest BCUT2D eigenvalue weighted by atomic mass is 16.5. The van der Waals surface area contributed by atoms with Gasteiger partial charge in [-0.2, -0.15) is 14.7 Å². The summed E-state index contributed by atoms with van der Waals surface area (Å²) in [5, 5.41) is 12.5. The summed E-state index contributed by atoms with van der Waals surface area (Å²) in [6, 6.07) is 12.3. The van der Waals surface area contributed by atoms with Crippen molar-refractivity contribution >= 4 is 17.4 Å². The second kappa shape index (κ2) is 9.95. The van der Waals surface area contributed by atoms with Gasteiger partial charge in [0.15, 0.2) is 17.2 Å². The van der Waals surface area contributed by atoms with Gasteiger partial charge in [0.2, 0.25) is 0 Å². The van der Waals surface area contributed by atoms with Gasteiger partial charge in [-0.1, -0.05) is 29.8 Å². The summed E-state index contributed by atoms with van der Waals surface area (Å²) in [7, 11) is 2.11. The fourth-order valence-electron chi connectivity index (χ4n) is 5.03. The maximum Gasteiger partial charge on any atom is 0.272 e. The number of amides is 1. The van der Waals surface area contributed by atoms with Crippen LogP contribution in [0, 0.1) is 6.92 Å². The minimum Gasteiger partial charge on any atom is -0.378 e. The minimum atomic E-state index is -0.157. The molecule has 1 N–H and O–H groups in total. The van der Waals surface area contributed by atoms with Crippen molar-refractivity contribution in [2.45, 2.75) is 25.8 Å². The molecule has 2 saturated heterocycles. The summed E-state index contributed by atoms with van der Waals surface area (Å²) < 4.78 is 9.13. The lowest BCUT2D eigenvalue weighted by Crippen LogP contribution is -2.43. The zero-order valence-corrected chi connectivity index (χ0v) is 21.3. The molecule has 0 spiro atoms. The Morgan fingerprint density at radius 2 is 1.86 bits per heavy atom. The summed E-state index contributed by atoms with van der Waals surface area (Å²) >= 11 is 0. The molecule has 3 aromatic heterocycles. The van der Waals surface area contributed by atoms with Crippen molar-refractivity contribution in [2.24, 2.45) is 0 Å². The standard InChI is InChI=1S/C27H32N8O2/c1-19-4-3-5-20(14-19)21-17-28-34(18-21)24-16-26(33-10-12-37-13-11-33)35-25(30-24)15-23(31-35)27(36)29-22-6-8-32(2)9-7-22/h3-5,14-18,22H,6-13H2,1-2H3,(H,29,36). The zero-order chi connectivity index (χ0) is 25.4. The van der Waals surface area contributed by atoms with Gasteiger partial charge < -0.3 is 19.9 Å². The number of fused-ring (bicyclic) bond motifs is 1. The number of carbonyl (C=O) groups is 1. The van der Waals surface area contributed by atoms with Crippen molar-refractivity contribution in [2.75, 3.05) is 51.3 Å². The van der Waals surface area contributed by atoms with E-state index in [-0.39, 0.29) is 11.9 Å². The van der Waals surface area contributed by atoms with Crippen molar-refractivity contribution < 1.29 is 9.53 Å². The molecule has 0 atom stereocenters. The predicted octanol–water partition coefficient (Wildman–Crippen LogP) is 2.55. The van der Waals surface area contributed by atoms with Crippen LogP contribution in [0.2, 0.25) is 0 Å². The molecule has 2 fully saturated rings. The largest absolute Gasteiger partial charge is 0.378 e. The summed E-state index contributed by atoms with van der Waals surface area (Å²) in [4.78, 5) is 22.5. The fraction of sp³-hybridized carbons (Fsp3) is 0.407. The minimum absolute atomic E-state index is 0.157. The number of hydrogen-bond acceptors (Lipinski definition) is 7. The maximum atomic E-state index is 13.1. The van der Waals surface area contributed by atoms with E-state index in [1.807, 2.05) is 24.5 Å². The van der Waals surface area contributed by atoms with E-state index in [0.29, 0.717) is 30.4 Å². The third-order valence-electron chi connectivity index (χ3n) is 7.19. The number of likely N-dealkylation sites (tertiary alicyclic amines) is 1. The number of ether oxygens (including phenoxy) is 1. The Kier molecular flexibility index (Phi) is 6.35. The Morgan fingerprint density at radius 3 is 2.65 bits per heavy atom. The van der Waals surface area contributed by atoms with Crippen LogP contribution >= 0.6 is 0 Å². The molecule has 2 aliphatic heterocycles. The second-order valence-electron chi connectivity index (χ2n) is 9.97. The summed E-state index contributed by atoms with van der Waals surface area (Å²) in [5.41, 5.74) is 4.31. The average Bonchev–Trinajstić information content (AvgIpc) is 3.58. The molecule has 0 bridgehead atoms. The SMILES string of the molecule is Cc1cccc(-c2cnn(-c3cc(N4CCOCC4)n4nc(C(=O)NC5CCN(C)CC5)cc4n3)c2)c1. The van der Waals surface area contributed by atoms with Crippen LogP contribution in [0.5, 0.6) is 0 Å². The Hall–Kier alpha value is -3.76. The third-order valence-corrected chi connectivity index (χ3v) is 7.19. The van der Waals surface area contributed by atoms with Crippen molar-refractivity contribution in [1.29, 1.82) is 0 Å². The zero-order valence-electron chi connectivity index (χ0n) is 21.3. The first-order chi connectivity index (χ1) is 18.0. The number of anilines is 1. The van der Waals surface area contributed by atoms with Crippen molar-refractivity contribution in [3.8, 4) is 16.9 Å². The third kappa shape index (κ3) is 4.94. The van der Waals surface area contributed by atoms with Gasteiger partial charge in [0.05, 0.1) is 19.4 Å². The molecular weight excluding hydrogens is 468 g/mol. The van der Waals surface area contributed by atoms with Gasteiger partial charge in [0.25, 0.3) is 5.91 Å². The molecule has 1 aromatic carbocycles. The van der Waals surface area contributed by atoms with Gasteiger partial charge in [0, 0.05) is 43.0 Å². The Labute approximate surface area is 215 Å². The van der Waals surface area contributed by atoms with Gasteiger partial charge in [-0.15, -0.1) is 0 Å². The number of piperidine rings is 1. The Morgan fingerprint density at radius 1 is 1.05 bits per heavy atom. The number of rotatable bonds is 5. The predicted molar refractivity (Wildman–Crippen MR) is 141 cm³/mol. The highest BCUT2D eigenvalue weighted by Gasteiger charge is 2.23. The molecule has 10 heteroatoms. The maximum absolute atomic E-state index is 13.1. The van der Waals surface area contributed by atoms with Crippen LogP contribution in [0.15, 0.2) is 48.8 Å². The van der Waals surface area contributed by atoms with E-state index in [9.17, 15) is 4.79 Å². The first-order valence-corrected chi connectivity index (χ1v) is 12.9. The number of benzene rings is 1. The van der Waals surface area contributed by atoms with Crippen LogP contribution in [0.25, 0.3) is 22.6 Å². The van der Waals surface area contributed by atoms with Crippen molar-refractivity contribution in [3.63, 3.8) is 0 Å². The Balaban J connectivity index is 1.35. The van der Waals surface area contributed by atoms with Crippen LogP contribution in [0.4, 0.5) is 5.82 Å².